The molecule has 1 unspecified atom stereocenters. The third kappa shape index (κ3) is 11.7. The number of carboxylic acids is 1. The lowest BCUT2D eigenvalue weighted by atomic mass is 9.98. The van der Waals surface area contributed by atoms with E-state index in [1.807, 2.05) is 6.26 Å². The standard InChI is InChI=1S/C22H38N4O7S/c1-22(2,3)33-21(32)25-15(9-10-34-4)19(30)24-16(12-17(27)28)20(31)26-18(29)14(23)11-13-7-5-6-8-13/h13-16H,5-12,23H2,1-4H3,(H,24,30)(H,25,32)(H,27,28)(H,26,29,31)/t14?,15-,16-/m0/s1. The van der Waals surface area contributed by atoms with Crippen LogP contribution in [0.1, 0.15) is 65.7 Å². The molecule has 3 atom stereocenters. The van der Waals surface area contributed by atoms with Crippen LogP contribution in [0.2, 0.25) is 0 Å². The summed E-state index contributed by atoms with van der Waals surface area (Å²) < 4.78 is 5.18. The van der Waals surface area contributed by atoms with Crippen LogP contribution in [0.15, 0.2) is 0 Å². The molecule has 0 heterocycles. The molecule has 0 bridgehead atoms. The van der Waals surface area contributed by atoms with Crippen molar-refractivity contribution in [3.8, 4) is 0 Å². The van der Waals surface area contributed by atoms with Gasteiger partial charge in [0.1, 0.15) is 17.7 Å². The minimum absolute atomic E-state index is 0.221. The normalized spacial score (nSPS) is 16.7. The molecule has 1 fully saturated rings. The third-order valence-electron chi connectivity index (χ3n) is 5.28. The van der Waals surface area contributed by atoms with Crippen LogP contribution in [0.25, 0.3) is 0 Å². The fourth-order valence-electron chi connectivity index (χ4n) is 3.62. The van der Waals surface area contributed by atoms with Crippen molar-refractivity contribution in [2.75, 3.05) is 12.0 Å². The Hall–Kier alpha value is -2.34. The molecule has 0 spiro atoms. The van der Waals surface area contributed by atoms with E-state index < -0.39 is 59.9 Å². The lowest BCUT2D eigenvalue weighted by Gasteiger charge is -2.25. The van der Waals surface area contributed by atoms with Crippen LogP contribution in [-0.4, -0.2) is 70.6 Å². The van der Waals surface area contributed by atoms with Crippen molar-refractivity contribution < 1.29 is 33.8 Å². The molecule has 1 rings (SSSR count). The minimum Gasteiger partial charge on any atom is -0.481 e. The fourth-order valence-corrected chi connectivity index (χ4v) is 4.10. The molecular weight excluding hydrogens is 464 g/mol. The van der Waals surface area contributed by atoms with Crippen molar-refractivity contribution in [1.82, 2.24) is 16.0 Å². The number of hydrogen-bond acceptors (Lipinski definition) is 8. The predicted molar refractivity (Wildman–Crippen MR) is 128 cm³/mol. The van der Waals surface area contributed by atoms with Crippen LogP contribution in [0, 0.1) is 5.92 Å². The molecule has 11 nitrogen and oxygen atoms in total. The molecular formula is C22H38N4O7S. The summed E-state index contributed by atoms with van der Waals surface area (Å²) in [6.07, 6.45) is 5.04. The molecule has 12 heteroatoms. The summed E-state index contributed by atoms with van der Waals surface area (Å²) in [5, 5.41) is 16.1. The second-order valence-corrected chi connectivity index (χ2v) is 10.5. The number of carbonyl (C=O) groups is 5. The highest BCUT2D eigenvalue weighted by Gasteiger charge is 2.31. The van der Waals surface area contributed by atoms with E-state index in [-0.39, 0.29) is 6.42 Å². The van der Waals surface area contributed by atoms with Crippen molar-refractivity contribution in [2.24, 2.45) is 11.7 Å². The van der Waals surface area contributed by atoms with Gasteiger partial charge in [0, 0.05) is 0 Å². The monoisotopic (exact) mass is 502 g/mol. The Morgan fingerprint density at radius 3 is 2.18 bits per heavy atom. The van der Waals surface area contributed by atoms with Gasteiger partial charge in [0.15, 0.2) is 0 Å². The molecule has 1 aliphatic carbocycles. The van der Waals surface area contributed by atoms with Crippen LogP contribution in [0.3, 0.4) is 0 Å². The van der Waals surface area contributed by atoms with Crippen LogP contribution in [0.5, 0.6) is 0 Å². The van der Waals surface area contributed by atoms with Gasteiger partial charge in [-0.15, -0.1) is 0 Å². The number of rotatable bonds is 12. The zero-order valence-electron chi connectivity index (χ0n) is 20.3. The summed E-state index contributed by atoms with van der Waals surface area (Å²) >= 11 is 1.44. The van der Waals surface area contributed by atoms with E-state index in [1.54, 1.807) is 20.8 Å². The predicted octanol–water partition coefficient (Wildman–Crippen LogP) is 1.14. The number of nitrogens with one attached hydrogen (secondary N) is 3. The third-order valence-corrected chi connectivity index (χ3v) is 5.92. The number of ether oxygens (including phenoxy) is 1. The molecule has 0 aliphatic heterocycles. The van der Waals surface area contributed by atoms with Crippen LogP contribution >= 0.6 is 11.8 Å². The first-order valence-corrected chi connectivity index (χ1v) is 12.8. The van der Waals surface area contributed by atoms with Crippen molar-refractivity contribution in [3.05, 3.63) is 0 Å². The number of carboxylic acid groups (broad SMARTS) is 1. The zero-order valence-corrected chi connectivity index (χ0v) is 21.2. The van der Waals surface area contributed by atoms with Gasteiger partial charge in [0.05, 0.1) is 12.5 Å². The van der Waals surface area contributed by atoms with E-state index in [9.17, 15) is 29.1 Å². The number of nitrogens with two attached hydrogens (primary N) is 1. The van der Waals surface area contributed by atoms with E-state index in [1.165, 1.54) is 11.8 Å². The first-order chi connectivity index (χ1) is 15.8. The quantitative estimate of drug-likeness (QED) is 0.262. The van der Waals surface area contributed by atoms with Gasteiger partial charge in [0.2, 0.25) is 17.7 Å². The molecule has 6 N–H and O–H groups in total. The topological polar surface area (TPSA) is 177 Å². The van der Waals surface area contributed by atoms with Crippen molar-refractivity contribution in [2.45, 2.75) is 89.4 Å². The first-order valence-electron chi connectivity index (χ1n) is 11.4. The maximum Gasteiger partial charge on any atom is 0.408 e. The minimum atomic E-state index is -1.52. The molecule has 34 heavy (non-hydrogen) atoms. The fraction of sp³-hybridized carbons (Fsp3) is 0.773. The van der Waals surface area contributed by atoms with Gasteiger partial charge in [-0.2, -0.15) is 11.8 Å². The number of hydrogen-bond donors (Lipinski definition) is 5. The van der Waals surface area contributed by atoms with Gasteiger partial charge in [-0.05, 0) is 51.5 Å². The number of thioether (sulfide) groups is 1. The summed E-state index contributed by atoms with van der Waals surface area (Å²) in [5.74, 6) is -2.96. The van der Waals surface area contributed by atoms with Crippen LogP contribution in [0.4, 0.5) is 4.79 Å². The van der Waals surface area contributed by atoms with Crippen LogP contribution < -0.4 is 21.7 Å². The highest BCUT2D eigenvalue weighted by atomic mass is 32.2. The molecule has 194 valence electrons. The lowest BCUT2D eigenvalue weighted by Crippen LogP contribution is -2.56. The Morgan fingerprint density at radius 2 is 1.65 bits per heavy atom. The lowest BCUT2D eigenvalue weighted by molar-refractivity contribution is -0.142. The first kappa shape index (κ1) is 29.7. The van der Waals surface area contributed by atoms with Crippen molar-refractivity contribution >= 4 is 41.5 Å². The SMILES string of the molecule is CSCC[C@H](NC(=O)OC(C)(C)C)C(=O)N[C@@H](CC(=O)O)C(=O)NC(=O)C(N)CC1CCCC1. The molecule has 4 amide bonds. The van der Waals surface area contributed by atoms with Gasteiger partial charge in [-0.1, -0.05) is 25.7 Å². The van der Waals surface area contributed by atoms with Crippen molar-refractivity contribution in [3.63, 3.8) is 0 Å². The molecule has 0 radical (unpaired) electrons. The van der Waals surface area contributed by atoms with Gasteiger partial charge >= 0.3 is 12.1 Å². The van der Waals surface area contributed by atoms with E-state index in [0.717, 1.165) is 25.7 Å². The Kier molecular flexibility index (Phi) is 12.4. The molecule has 1 saturated carbocycles. The molecule has 0 aromatic rings. The highest BCUT2D eigenvalue weighted by Crippen LogP contribution is 2.28. The van der Waals surface area contributed by atoms with E-state index in [2.05, 4.69) is 16.0 Å². The van der Waals surface area contributed by atoms with Gasteiger partial charge in [0.25, 0.3) is 0 Å². The molecule has 1 aliphatic rings. The zero-order chi connectivity index (χ0) is 25.9. The van der Waals surface area contributed by atoms with E-state index >= 15 is 0 Å². The Morgan fingerprint density at radius 1 is 1.03 bits per heavy atom. The summed E-state index contributed by atoms with van der Waals surface area (Å²) in [4.78, 5) is 61.3. The van der Waals surface area contributed by atoms with Gasteiger partial charge in [-0.3, -0.25) is 24.5 Å². The average molecular weight is 503 g/mol. The second-order valence-electron chi connectivity index (χ2n) is 9.49. The maximum atomic E-state index is 12.8. The molecule has 0 aromatic carbocycles. The Labute approximate surface area is 204 Å². The summed E-state index contributed by atoms with van der Waals surface area (Å²) in [7, 11) is 0. The summed E-state index contributed by atoms with van der Waals surface area (Å²) in [5.41, 5.74) is 5.14. The second kappa shape index (κ2) is 14.1. The van der Waals surface area contributed by atoms with Crippen molar-refractivity contribution in [1.29, 1.82) is 0 Å². The maximum absolute atomic E-state index is 12.8. The number of imide groups is 1. The van der Waals surface area contributed by atoms with Gasteiger partial charge < -0.3 is 26.2 Å². The smallest absolute Gasteiger partial charge is 0.408 e. The van der Waals surface area contributed by atoms with E-state index in [0.29, 0.717) is 18.1 Å². The highest BCUT2D eigenvalue weighted by molar-refractivity contribution is 7.98. The number of carbonyl (C=O) groups excluding carboxylic acids is 4. The summed E-state index contributed by atoms with van der Waals surface area (Å²) in [6.45, 7) is 5.02. The number of amides is 4. The Balaban J connectivity index is 2.81. The summed E-state index contributed by atoms with van der Waals surface area (Å²) in [6, 6.07) is -3.49. The molecule has 0 saturated heterocycles. The Bertz CT molecular complexity index is 735. The number of alkyl carbamates (subject to hydrolysis) is 1. The average Bonchev–Trinajstić information content (AvgIpc) is 3.21. The molecule has 0 aromatic heterocycles. The number of aliphatic carboxylic acids is 1. The van der Waals surface area contributed by atoms with E-state index in [4.69, 9.17) is 10.5 Å². The largest absolute Gasteiger partial charge is 0.481 e. The van der Waals surface area contributed by atoms with Crippen LogP contribution in [-0.2, 0) is 23.9 Å². The van der Waals surface area contributed by atoms with Gasteiger partial charge in [-0.25, -0.2) is 4.79 Å².